The predicted molar refractivity (Wildman–Crippen MR) is 92.9 cm³/mol. The van der Waals surface area contributed by atoms with Crippen LogP contribution in [0.4, 0.5) is 0 Å². The van der Waals surface area contributed by atoms with Crippen LogP contribution in [0.3, 0.4) is 0 Å². The third kappa shape index (κ3) is 3.85. The maximum absolute atomic E-state index is 6.11. The van der Waals surface area contributed by atoms with E-state index in [9.17, 15) is 0 Å². The molecule has 20 heavy (non-hydrogen) atoms. The molecule has 2 N–H and O–H groups in total. The van der Waals surface area contributed by atoms with Crippen molar-refractivity contribution in [1.82, 2.24) is 4.90 Å². The molecule has 112 valence electrons. The second kappa shape index (κ2) is 7.92. The molecule has 1 aliphatic rings. The zero-order valence-electron chi connectivity index (χ0n) is 12.1. The lowest BCUT2D eigenvalue weighted by Crippen LogP contribution is -2.44. The average molecular weight is 404 g/mol. The summed E-state index contributed by atoms with van der Waals surface area (Å²) in [4.78, 5) is 2.64. The van der Waals surface area contributed by atoms with Crippen molar-refractivity contribution >= 4 is 31.9 Å². The highest BCUT2D eigenvalue weighted by molar-refractivity contribution is 9.13. The van der Waals surface area contributed by atoms with E-state index < -0.39 is 0 Å². The molecule has 2 atom stereocenters. The molecule has 0 amide bonds. The van der Waals surface area contributed by atoms with Crippen molar-refractivity contribution < 1.29 is 0 Å². The van der Waals surface area contributed by atoms with E-state index in [-0.39, 0.29) is 0 Å². The van der Waals surface area contributed by atoms with E-state index in [1.54, 1.807) is 0 Å². The molecule has 1 aliphatic heterocycles. The van der Waals surface area contributed by atoms with Gasteiger partial charge in [0, 0.05) is 27.6 Å². The van der Waals surface area contributed by atoms with E-state index in [4.69, 9.17) is 5.73 Å². The van der Waals surface area contributed by atoms with Crippen LogP contribution in [-0.4, -0.2) is 24.0 Å². The number of nitrogens with two attached hydrogens (primary N) is 1. The highest BCUT2D eigenvalue weighted by Gasteiger charge is 2.28. The highest BCUT2D eigenvalue weighted by atomic mass is 79.9. The van der Waals surface area contributed by atoms with Gasteiger partial charge in [-0.3, -0.25) is 4.90 Å². The minimum absolute atomic E-state index is 0.344. The summed E-state index contributed by atoms with van der Waals surface area (Å²) in [6.07, 6.45) is 6.52. The Balaban J connectivity index is 2.22. The number of benzene rings is 1. The van der Waals surface area contributed by atoms with Crippen LogP contribution in [0.2, 0.25) is 0 Å². The number of piperidine rings is 1. The second-order valence-electron chi connectivity index (χ2n) is 5.60. The minimum Gasteiger partial charge on any atom is -0.329 e. The van der Waals surface area contributed by atoms with E-state index in [1.807, 2.05) is 0 Å². The van der Waals surface area contributed by atoms with Gasteiger partial charge >= 0.3 is 0 Å². The van der Waals surface area contributed by atoms with Gasteiger partial charge in [0.1, 0.15) is 0 Å². The molecule has 1 heterocycles. The van der Waals surface area contributed by atoms with Gasteiger partial charge in [0.2, 0.25) is 0 Å². The first-order chi connectivity index (χ1) is 9.67. The maximum atomic E-state index is 6.11. The Morgan fingerprint density at radius 2 is 2.10 bits per heavy atom. The largest absolute Gasteiger partial charge is 0.329 e. The lowest BCUT2D eigenvalue weighted by atomic mass is 9.94. The zero-order chi connectivity index (χ0) is 14.5. The lowest BCUT2D eigenvalue weighted by Gasteiger charge is -2.41. The third-order valence-electron chi connectivity index (χ3n) is 4.25. The summed E-state index contributed by atoms with van der Waals surface area (Å²) < 4.78 is 2.21. The second-order valence-corrected chi connectivity index (χ2v) is 7.31. The van der Waals surface area contributed by atoms with Crippen molar-refractivity contribution in [2.24, 2.45) is 5.73 Å². The van der Waals surface area contributed by atoms with Gasteiger partial charge in [-0.25, -0.2) is 0 Å². The third-order valence-corrected chi connectivity index (χ3v) is 6.13. The van der Waals surface area contributed by atoms with Crippen molar-refractivity contribution in [3.05, 3.63) is 32.7 Å². The Bertz CT molecular complexity index is 434. The molecule has 0 saturated carbocycles. The molecule has 4 heteroatoms. The molecule has 0 bridgehead atoms. The van der Waals surface area contributed by atoms with Crippen molar-refractivity contribution in [3.8, 4) is 0 Å². The van der Waals surface area contributed by atoms with Gasteiger partial charge in [0.15, 0.2) is 0 Å². The van der Waals surface area contributed by atoms with Gasteiger partial charge in [-0.1, -0.05) is 25.8 Å². The van der Waals surface area contributed by atoms with Crippen LogP contribution in [0, 0.1) is 0 Å². The minimum atomic E-state index is 0.344. The van der Waals surface area contributed by atoms with Crippen LogP contribution in [0.15, 0.2) is 27.1 Å². The Hall–Kier alpha value is 0.1000. The van der Waals surface area contributed by atoms with E-state index in [0.717, 1.165) is 8.95 Å². The number of hydrogen-bond acceptors (Lipinski definition) is 2. The number of hydrogen-bond donors (Lipinski definition) is 1. The molecular formula is C16H24Br2N2. The van der Waals surface area contributed by atoms with Gasteiger partial charge in [0.25, 0.3) is 0 Å². The van der Waals surface area contributed by atoms with Crippen LogP contribution >= 0.6 is 31.9 Å². The van der Waals surface area contributed by atoms with Crippen LogP contribution in [0.1, 0.15) is 50.6 Å². The maximum Gasteiger partial charge on any atom is 0.0473 e. The first-order valence-corrected chi connectivity index (χ1v) is 9.16. The standard InChI is InChI=1S/C16H24Br2N2/c1-2-5-13-6-3-4-9-20(13)16(11-19)12-7-8-14(17)15(18)10-12/h7-8,10,13,16H,2-6,9,11,19H2,1H3. The summed E-state index contributed by atoms with van der Waals surface area (Å²) in [5.41, 5.74) is 7.44. The molecule has 0 aliphatic carbocycles. The fourth-order valence-electron chi connectivity index (χ4n) is 3.26. The van der Waals surface area contributed by atoms with Crippen molar-refractivity contribution in [1.29, 1.82) is 0 Å². The fourth-order valence-corrected chi connectivity index (χ4v) is 3.90. The Morgan fingerprint density at radius 3 is 2.75 bits per heavy atom. The van der Waals surface area contributed by atoms with Gasteiger partial charge in [-0.05, 0) is 75.4 Å². The molecule has 2 unspecified atom stereocenters. The summed E-state index contributed by atoms with van der Waals surface area (Å²) in [7, 11) is 0. The van der Waals surface area contributed by atoms with Crippen LogP contribution in [0.5, 0.6) is 0 Å². The van der Waals surface area contributed by atoms with E-state index in [1.165, 1.54) is 44.2 Å². The Kier molecular flexibility index (Phi) is 6.53. The van der Waals surface area contributed by atoms with Crippen LogP contribution < -0.4 is 5.73 Å². The number of halogens is 2. The summed E-state index contributed by atoms with van der Waals surface area (Å²) in [5.74, 6) is 0. The number of likely N-dealkylation sites (tertiary alicyclic amines) is 1. The van der Waals surface area contributed by atoms with E-state index >= 15 is 0 Å². The quantitative estimate of drug-likeness (QED) is 0.759. The molecule has 2 rings (SSSR count). The average Bonchev–Trinajstić information content (AvgIpc) is 2.45. The molecule has 0 aromatic heterocycles. The smallest absolute Gasteiger partial charge is 0.0473 e. The number of rotatable bonds is 5. The van der Waals surface area contributed by atoms with Crippen molar-refractivity contribution in [2.45, 2.75) is 51.1 Å². The Labute approximate surface area is 139 Å². The molecular weight excluding hydrogens is 380 g/mol. The summed E-state index contributed by atoms with van der Waals surface area (Å²) in [6.45, 7) is 4.15. The first-order valence-electron chi connectivity index (χ1n) is 7.58. The lowest BCUT2D eigenvalue weighted by molar-refractivity contribution is 0.0912. The van der Waals surface area contributed by atoms with Crippen molar-refractivity contribution in [2.75, 3.05) is 13.1 Å². The van der Waals surface area contributed by atoms with Gasteiger partial charge in [-0.2, -0.15) is 0 Å². The fraction of sp³-hybridized carbons (Fsp3) is 0.625. The molecule has 0 spiro atoms. The van der Waals surface area contributed by atoms with Crippen LogP contribution in [-0.2, 0) is 0 Å². The first kappa shape index (κ1) is 16.5. The SMILES string of the molecule is CCCC1CCCCN1C(CN)c1ccc(Br)c(Br)c1. The molecule has 1 aromatic rings. The van der Waals surface area contributed by atoms with E-state index in [0.29, 0.717) is 18.6 Å². The van der Waals surface area contributed by atoms with Gasteiger partial charge < -0.3 is 5.73 Å². The molecule has 0 radical (unpaired) electrons. The normalized spacial score (nSPS) is 21.9. The van der Waals surface area contributed by atoms with Gasteiger partial charge in [0.05, 0.1) is 0 Å². The molecule has 1 fully saturated rings. The predicted octanol–water partition coefficient (Wildman–Crippen LogP) is 4.87. The monoisotopic (exact) mass is 402 g/mol. The van der Waals surface area contributed by atoms with Crippen molar-refractivity contribution in [3.63, 3.8) is 0 Å². The van der Waals surface area contributed by atoms with Gasteiger partial charge in [-0.15, -0.1) is 0 Å². The zero-order valence-corrected chi connectivity index (χ0v) is 15.3. The van der Waals surface area contributed by atoms with E-state index in [2.05, 4.69) is 61.9 Å². The summed E-state index contributed by atoms with van der Waals surface area (Å²) >= 11 is 7.15. The molecule has 1 aromatic carbocycles. The highest BCUT2D eigenvalue weighted by Crippen LogP contribution is 2.33. The summed E-state index contributed by atoms with van der Waals surface area (Å²) in [6, 6.07) is 7.56. The Morgan fingerprint density at radius 1 is 1.30 bits per heavy atom. The van der Waals surface area contributed by atoms with Crippen LogP contribution in [0.25, 0.3) is 0 Å². The molecule has 1 saturated heterocycles. The number of nitrogens with zero attached hydrogens (tertiary/aromatic N) is 1. The topological polar surface area (TPSA) is 29.3 Å². The molecule has 2 nitrogen and oxygen atoms in total. The summed E-state index contributed by atoms with van der Waals surface area (Å²) in [5, 5.41) is 0.